The highest BCUT2D eigenvalue weighted by Gasteiger charge is 2.36. The van der Waals surface area contributed by atoms with Gasteiger partial charge in [-0.15, -0.1) is 0 Å². The summed E-state index contributed by atoms with van der Waals surface area (Å²) in [5.74, 6) is -0.100. The van der Waals surface area contributed by atoms with Crippen molar-refractivity contribution in [2.75, 3.05) is 23.8 Å². The van der Waals surface area contributed by atoms with E-state index in [1.807, 2.05) is 49.2 Å². The maximum Gasteiger partial charge on any atom is 0.253 e. The van der Waals surface area contributed by atoms with Crippen molar-refractivity contribution in [3.8, 4) is 0 Å². The third kappa shape index (κ3) is 6.26. The number of amides is 3. The van der Waals surface area contributed by atoms with Gasteiger partial charge in [0.05, 0.1) is 5.92 Å². The van der Waals surface area contributed by atoms with Gasteiger partial charge in [0.25, 0.3) is 5.91 Å². The lowest BCUT2D eigenvalue weighted by atomic mass is 9.81. The van der Waals surface area contributed by atoms with Gasteiger partial charge in [0.2, 0.25) is 11.8 Å². The Bertz CT molecular complexity index is 1400. The molecule has 1 aliphatic heterocycles. The Kier molecular flexibility index (Phi) is 8.62. The lowest BCUT2D eigenvalue weighted by Gasteiger charge is -2.35. The maximum atomic E-state index is 13.0. The predicted molar refractivity (Wildman–Crippen MR) is 163 cm³/mol. The highest BCUT2D eigenvalue weighted by atomic mass is 79.9. The van der Waals surface area contributed by atoms with Crippen LogP contribution in [0.3, 0.4) is 0 Å². The smallest absolute Gasteiger partial charge is 0.253 e. The Labute approximate surface area is 248 Å². The fourth-order valence-electron chi connectivity index (χ4n) is 5.88. The topological polar surface area (TPSA) is 69.7 Å². The van der Waals surface area contributed by atoms with Gasteiger partial charge in [0, 0.05) is 52.5 Å². The van der Waals surface area contributed by atoms with Gasteiger partial charge in [0.1, 0.15) is 0 Å². The second kappa shape index (κ2) is 12.1. The zero-order chi connectivity index (χ0) is 28.4. The molecule has 0 radical (unpaired) electrons. The minimum absolute atomic E-state index is 0.0271. The summed E-state index contributed by atoms with van der Waals surface area (Å²) in [4.78, 5) is 42.2. The van der Waals surface area contributed by atoms with Crippen LogP contribution in [-0.2, 0) is 9.59 Å². The molecule has 0 bridgehead atoms. The van der Waals surface area contributed by atoms with Crippen molar-refractivity contribution in [2.45, 2.75) is 51.0 Å². The second-order valence-corrected chi connectivity index (χ2v) is 12.2. The van der Waals surface area contributed by atoms with Crippen LogP contribution in [0.2, 0.25) is 5.02 Å². The summed E-state index contributed by atoms with van der Waals surface area (Å²) < 4.78 is 0.961. The Morgan fingerprint density at radius 3 is 2.30 bits per heavy atom. The van der Waals surface area contributed by atoms with Crippen molar-refractivity contribution in [2.24, 2.45) is 5.92 Å². The van der Waals surface area contributed by atoms with Crippen LogP contribution in [0.25, 0.3) is 0 Å². The summed E-state index contributed by atoms with van der Waals surface area (Å²) >= 11 is 9.42. The Morgan fingerprint density at radius 2 is 1.65 bits per heavy atom. The van der Waals surface area contributed by atoms with Crippen molar-refractivity contribution < 1.29 is 14.4 Å². The van der Waals surface area contributed by atoms with Crippen molar-refractivity contribution in [3.63, 3.8) is 0 Å². The first-order chi connectivity index (χ1) is 19.2. The Morgan fingerprint density at radius 1 is 0.975 bits per heavy atom. The molecule has 40 heavy (non-hydrogen) atoms. The van der Waals surface area contributed by atoms with E-state index in [9.17, 15) is 14.4 Å². The van der Waals surface area contributed by atoms with Crippen LogP contribution in [0.5, 0.6) is 0 Å². The molecule has 0 spiro atoms. The summed E-state index contributed by atoms with van der Waals surface area (Å²) in [7, 11) is 1.89. The van der Waals surface area contributed by atoms with Crippen LogP contribution in [-0.4, -0.2) is 42.3 Å². The zero-order valence-electron chi connectivity index (χ0n) is 22.7. The third-order valence-corrected chi connectivity index (χ3v) is 9.00. The summed E-state index contributed by atoms with van der Waals surface area (Å²) in [6, 6.07) is 21.1. The number of hydrogen-bond acceptors (Lipinski definition) is 3. The molecule has 3 aromatic rings. The number of carbonyl (C=O) groups excluding carboxylic acids is 3. The van der Waals surface area contributed by atoms with Crippen LogP contribution < -0.4 is 10.2 Å². The van der Waals surface area contributed by atoms with E-state index in [2.05, 4.69) is 33.4 Å². The van der Waals surface area contributed by atoms with Gasteiger partial charge in [-0.1, -0.05) is 39.7 Å². The molecule has 208 valence electrons. The van der Waals surface area contributed by atoms with Gasteiger partial charge in [-0.3, -0.25) is 14.4 Å². The third-order valence-electron chi connectivity index (χ3n) is 8.25. The molecular formula is C32H33BrClN3O3. The summed E-state index contributed by atoms with van der Waals surface area (Å²) in [5.41, 5.74) is 4.48. The molecule has 6 nitrogen and oxygen atoms in total. The highest BCUT2D eigenvalue weighted by Crippen LogP contribution is 2.36. The molecule has 2 aliphatic rings. The largest absolute Gasteiger partial charge is 0.339 e. The van der Waals surface area contributed by atoms with Crippen LogP contribution in [0.15, 0.2) is 71.2 Å². The average molecular weight is 623 g/mol. The van der Waals surface area contributed by atoms with Gasteiger partial charge in [0.15, 0.2) is 0 Å². The molecule has 3 aromatic carbocycles. The molecular weight excluding hydrogens is 590 g/mol. The number of rotatable bonds is 6. The quantitative estimate of drug-likeness (QED) is 0.316. The molecule has 8 heteroatoms. The van der Waals surface area contributed by atoms with Crippen LogP contribution >= 0.6 is 27.5 Å². The molecule has 0 aromatic heterocycles. The first-order valence-electron chi connectivity index (χ1n) is 13.7. The number of aryl methyl sites for hydroxylation is 1. The average Bonchev–Trinajstić information content (AvgIpc) is 3.34. The summed E-state index contributed by atoms with van der Waals surface area (Å²) in [6.07, 6.45) is 4.11. The monoisotopic (exact) mass is 621 g/mol. The van der Waals surface area contributed by atoms with Crippen LogP contribution in [0, 0.1) is 12.8 Å². The van der Waals surface area contributed by atoms with E-state index in [-0.39, 0.29) is 30.2 Å². The van der Waals surface area contributed by atoms with E-state index in [1.54, 1.807) is 29.2 Å². The van der Waals surface area contributed by atoms with E-state index >= 15 is 0 Å². The lowest BCUT2D eigenvalue weighted by molar-refractivity contribution is -0.122. The van der Waals surface area contributed by atoms with Crippen LogP contribution in [0.1, 0.15) is 59.5 Å². The fraction of sp³-hybridized carbons (Fsp3) is 0.344. The van der Waals surface area contributed by atoms with Crippen LogP contribution in [0.4, 0.5) is 11.4 Å². The highest BCUT2D eigenvalue weighted by molar-refractivity contribution is 9.10. The Balaban J connectivity index is 1.13. The van der Waals surface area contributed by atoms with Gasteiger partial charge in [-0.2, -0.15) is 0 Å². The number of anilines is 2. The fourth-order valence-corrected chi connectivity index (χ4v) is 6.48. The number of hydrogen-bond donors (Lipinski definition) is 1. The number of benzene rings is 3. The minimum atomic E-state index is -0.391. The summed E-state index contributed by atoms with van der Waals surface area (Å²) in [6.45, 7) is 2.34. The molecule has 1 N–H and O–H groups in total. The summed E-state index contributed by atoms with van der Waals surface area (Å²) in [5, 5.41) is 3.63. The molecule has 1 atom stereocenters. The number of halogens is 2. The van der Waals surface area contributed by atoms with Gasteiger partial charge >= 0.3 is 0 Å². The standard InChI is InChI=1S/C32H33BrClN3O3/c1-20-17-25(33)9-16-29(20)37-19-24(18-30(37)38)31(39)35-27-12-5-21(6-13-27)22-7-14-28(15-8-22)36(2)32(40)23-3-10-26(34)11-4-23/h3-6,9-13,16-17,22,24,28H,7-8,14-15,18-19H2,1-2H3,(H,35,39). The van der Waals surface area contributed by atoms with Crippen molar-refractivity contribution in [1.29, 1.82) is 0 Å². The van der Waals surface area contributed by atoms with Crippen molar-refractivity contribution >= 4 is 56.6 Å². The molecule has 1 saturated carbocycles. The van der Waals surface area contributed by atoms with Crippen molar-refractivity contribution in [3.05, 3.63) is 92.9 Å². The van der Waals surface area contributed by atoms with Gasteiger partial charge in [-0.05, 0) is 104 Å². The maximum absolute atomic E-state index is 13.0. The molecule has 3 amide bonds. The SMILES string of the molecule is Cc1cc(Br)ccc1N1CC(C(=O)Nc2ccc(C3CCC(N(C)C(=O)c4ccc(Cl)cc4)CC3)cc2)CC1=O. The van der Waals surface area contributed by atoms with Crippen molar-refractivity contribution in [1.82, 2.24) is 4.90 Å². The molecule has 2 fully saturated rings. The lowest BCUT2D eigenvalue weighted by Crippen LogP contribution is -2.39. The second-order valence-electron chi connectivity index (χ2n) is 10.9. The number of nitrogens with zero attached hydrogens (tertiary/aromatic N) is 2. The van der Waals surface area contributed by atoms with E-state index in [4.69, 9.17) is 11.6 Å². The number of carbonyl (C=O) groups is 3. The molecule has 1 saturated heterocycles. The van der Waals surface area contributed by atoms with E-state index < -0.39 is 5.92 Å². The van der Waals surface area contributed by atoms with Gasteiger partial charge in [-0.25, -0.2) is 0 Å². The normalized spacial score (nSPS) is 20.9. The van der Waals surface area contributed by atoms with E-state index in [1.165, 1.54) is 5.56 Å². The number of nitrogens with one attached hydrogen (secondary N) is 1. The first kappa shape index (κ1) is 28.4. The predicted octanol–water partition coefficient (Wildman–Crippen LogP) is 7.20. The Hall–Kier alpha value is -3.16. The molecule has 1 aliphatic carbocycles. The van der Waals surface area contributed by atoms with E-state index in [0.29, 0.717) is 23.0 Å². The minimum Gasteiger partial charge on any atom is -0.339 e. The molecule has 1 heterocycles. The zero-order valence-corrected chi connectivity index (χ0v) is 25.0. The van der Waals surface area contributed by atoms with Gasteiger partial charge < -0.3 is 15.1 Å². The first-order valence-corrected chi connectivity index (χ1v) is 14.9. The molecule has 5 rings (SSSR count). The molecule has 1 unspecified atom stereocenters. The van der Waals surface area contributed by atoms with E-state index in [0.717, 1.165) is 47.1 Å².